The van der Waals surface area contributed by atoms with Crippen LogP contribution in [0.3, 0.4) is 0 Å². The summed E-state index contributed by atoms with van der Waals surface area (Å²) < 4.78 is 21.1. The lowest BCUT2D eigenvalue weighted by Crippen LogP contribution is -2.29. The second kappa shape index (κ2) is 8.24. The van der Waals surface area contributed by atoms with E-state index < -0.39 is 5.82 Å². The quantitative estimate of drug-likeness (QED) is 0.360. The predicted molar refractivity (Wildman–Crippen MR) is 106 cm³/mol. The number of carbonyl (C=O) groups is 1. The van der Waals surface area contributed by atoms with Gasteiger partial charge in [-0.25, -0.2) is 9.37 Å². The van der Waals surface area contributed by atoms with E-state index in [2.05, 4.69) is 4.98 Å². The van der Waals surface area contributed by atoms with Gasteiger partial charge in [-0.15, -0.1) is 0 Å². The first-order valence-electron chi connectivity index (χ1n) is 9.15. The Morgan fingerprint density at radius 3 is 2.79 bits per heavy atom. The molecule has 1 saturated heterocycles. The van der Waals surface area contributed by atoms with Crippen molar-refractivity contribution in [2.45, 2.75) is 30.6 Å². The van der Waals surface area contributed by atoms with Crippen molar-refractivity contribution in [1.82, 2.24) is 9.55 Å². The van der Waals surface area contributed by atoms with Gasteiger partial charge in [0.25, 0.3) is 5.56 Å². The molecule has 0 saturated carbocycles. The van der Waals surface area contributed by atoms with Gasteiger partial charge >= 0.3 is 0 Å². The fourth-order valence-electron chi connectivity index (χ4n) is 3.31. The molecule has 4 rings (SSSR count). The zero-order chi connectivity index (χ0) is 19.5. The molecular formula is C21H19FN2O3S. The van der Waals surface area contributed by atoms with Crippen molar-refractivity contribution >= 4 is 28.4 Å². The number of halogens is 1. The highest BCUT2D eigenvalue weighted by atomic mass is 32.2. The Morgan fingerprint density at radius 2 is 2.00 bits per heavy atom. The monoisotopic (exact) mass is 398 g/mol. The van der Waals surface area contributed by atoms with Crippen LogP contribution in [0.4, 0.5) is 4.39 Å². The molecule has 7 heteroatoms. The number of rotatable bonds is 6. The van der Waals surface area contributed by atoms with E-state index in [1.165, 1.54) is 12.1 Å². The van der Waals surface area contributed by atoms with Gasteiger partial charge in [-0.2, -0.15) is 0 Å². The number of fused-ring (bicyclic) bond motifs is 1. The number of carbonyl (C=O) groups excluding carboxylic acids is 1. The lowest BCUT2D eigenvalue weighted by atomic mass is 10.1. The molecule has 0 amide bonds. The third-order valence-electron chi connectivity index (χ3n) is 4.74. The van der Waals surface area contributed by atoms with E-state index in [0.717, 1.165) is 24.6 Å². The molecule has 1 atom stereocenters. The first kappa shape index (κ1) is 18.8. The van der Waals surface area contributed by atoms with Crippen molar-refractivity contribution < 1.29 is 13.9 Å². The summed E-state index contributed by atoms with van der Waals surface area (Å²) in [7, 11) is 0. The number of hydrogen-bond acceptors (Lipinski definition) is 5. The number of hydrogen-bond donors (Lipinski definition) is 0. The fraction of sp³-hybridized carbons (Fsp3) is 0.286. The topological polar surface area (TPSA) is 61.2 Å². The van der Waals surface area contributed by atoms with Gasteiger partial charge in [0.15, 0.2) is 10.9 Å². The van der Waals surface area contributed by atoms with E-state index in [-0.39, 0.29) is 28.8 Å². The Morgan fingerprint density at radius 1 is 1.21 bits per heavy atom. The summed E-state index contributed by atoms with van der Waals surface area (Å²) in [6, 6.07) is 13.0. The highest BCUT2D eigenvalue weighted by molar-refractivity contribution is 7.99. The van der Waals surface area contributed by atoms with Crippen molar-refractivity contribution in [3.63, 3.8) is 0 Å². The van der Waals surface area contributed by atoms with E-state index in [1.54, 1.807) is 34.9 Å². The molecule has 2 aromatic carbocycles. The highest BCUT2D eigenvalue weighted by Crippen LogP contribution is 2.22. The molecule has 0 aliphatic carbocycles. The molecule has 0 N–H and O–H groups in total. The maximum Gasteiger partial charge on any atom is 0.262 e. The van der Waals surface area contributed by atoms with Crippen LogP contribution in [0.2, 0.25) is 0 Å². The van der Waals surface area contributed by atoms with Gasteiger partial charge in [0.1, 0.15) is 5.82 Å². The van der Waals surface area contributed by atoms with Gasteiger partial charge in [-0.3, -0.25) is 14.2 Å². The van der Waals surface area contributed by atoms with Crippen molar-refractivity contribution in [3.8, 4) is 0 Å². The summed E-state index contributed by atoms with van der Waals surface area (Å²) in [6.45, 7) is 1.08. The van der Waals surface area contributed by atoms with Crippen LogP contribution in [-0.4, -0.2) is 33.8 Å². The van der Waals surface area contributed by atoms with Gasteiger partial charge in [0, 0.05) is 6.61 Å². The Hall–Kier alpha value is -2.51. The standard InChI is InChI=1S/C21H19FN2O3S/c22-17-9-3-1-7-15(17)19(25)13-28-21-23-18-10-4-2-8-16(18)20(26)24(21)12-14-6-5-11-27-14/h1-4,7-10,14H,5-6,11-13H2/t14-/m0/s1. The molecule has 144 valence electrons. The van der Waals surface area contributed by atoms with Crippen molar-refractivity contribution in [2.24, 2.45) is 0 Å². The van der Waals surface area contributed by atoms with Crippen molar-refractivity contribution in [2.75, 3.05) is 12.4 Å². The van der Waals surface area contributed by atoms with E-state index in [9.17, 15) is 14.0 Å². The minimum atomic E-state index is -0.545. The van der Waals surface area contributed by atoms with E-state index in [4.69, 9.17) is 4.74 Å². The van der Waals surface area contributed by atoms with E-state index in [1.807, 2.05) is 6.07 Å². The SMILES string of the molecule is O=C(CSc1nc2ccccc2c(=O)n1C[C@@H]1CCCO1)c1ccccc1F. The minimum Gasteiger partial charge on any atom is -0.376 e. The average Bonchev–Trinajstić information content (AvgIpc) is 3.22. The Kier molecular flexibility index (Phi) is 5.54. The predicted octanol–water partition coefficient (Wildman–Crippen LogP) is 3.69. The number of ether oxygens (including phenoxy) is 1. The number of nitrogens with zero attached hydrogens (tertiary/aromatic N) is 2. The molecule has 2 heterocycles. The maximum absolute atomic E-state index is 13.9. The lowest BCUT2D eigenvalue weighted by molar-refractivity contribution is 0.0937. The van der Waals surface area contributed by atoms with Crippen molar-refractivity contribution in [1.29, 1.82) is 0 Å². The Balaban J connectivity index is 1.65. The summed E-state index contributed by atoms with van der Waals surface area (Å²) in [5, 5.41) is 0.981. The molecule has 1 aliphatic heterocycles. The lowest BCUT2D eigenvalue weighted by Gasteiger charge is -2.16. The number of para-hydroxylation sites is 1. The second-order valence-corrected chi connectivity index (χ2v) is 7.60. The first-order chi connectivity index (χ1) is 13.6. The van der Waals surface area contributed by atoms with Gasteiger partial charge in [-0.05, 0) is 37.1 Å². The van der Waals surface area contributed by atoms with Crippen LogP contribution in [0.25, 0.3) is 10.9 Å². The van der Waals surface area contributed by atoms with Crippen LogP contribution < -0.4 is 5.56 Å². The van der Waals surface area contributed by atoms with Crippen molar-refractivity contribution in [3.05, 3.63) is 70.3 Å². The van der Waals surface area contributed by atoms with Gasteiger partial charge in [-0.1, -0.05) is 36.0 Å². The summed E-state index contributed by atoms with van der Waals surface area (Å²) in [4.78, 5) is 30.0. The molecule has 0 radical (unpaired) electrons. The minimum absolute atomic E-state index is 0.00274. The molecule has 1 fully saturated rings. The van der Waals surface area contributed by atoms with Crippen LogP contribution >= 0.6 is 11.8 Å². The number of thioether (sulfide) groups is 1. The van der Waals surface area contributed by atoms with Gasteiger partial charge in [0.05, 0.1) is 34.9 Å². The fourth-order valence-corrected chi connectivity index (χ4v) is 4.20. The maximum atomic E-state index is 13.9. The summed E-state index contributed by atoms with van der Waals surface area (Å²) in [6.07, 6.45) is 1.81. The normalized spacial score (nSPS) is 16.5. The Bertz CT molecular complexity index is 1080. The third-order valence-corrected chi connectivity index (χ3v) is 5.72. The number of ketones is 1. The van der Waals surface area contributed by atoms with Crippen LogP contribution in [0.1, 0.15) is 23.2 Å². The molecule has 1 aliphatic rings. The smallest absolute Gasteiger partial charge is 0.262 e. The van der Waals surface area contributed by atoms with E-state index >= 15 is 0 Å². The zero-order valence-corrected chi connectivity index (χ0v) is 16.0. The molecular weight excluding hydrogens is 379 g/mol. The third kappa shape index (κ3) is 3.86. The highest BCUT2D eigenvalue weighted by Gasteiger charge is 2.21. The van der Waals surface area contributed by atoms with Crippen LogP contribution in [0.15, 0.2) is 58.5 Å². The molecule has 0 unspecified atom stereocenters. The summed E-state index contributed by atoms with van der Waals surface area (Å²) in [5.74, 6) is -0.887. The van der Waals surface area contributed by atoms with Crippen LogP contribution in [0, 0.1) is 5.82 Å². The molecule has 0 bridgehead atoms. The Labute approximate surface area is 165 Å². The molecule has 5 nitrogen and oxygen atoms in total. The molecule has 0 spiro atoms. The van der Waals surface area contributed by atoms with Crippen LogP contribution in [-0.2, 0) is 11.3 Å². The molecule has 3 aromatic rings. The van der Waals surface area contributed by atoms with E-state index in [0.29, 0.717) is 29.2 Å². The first-order valence-corrected chi connectivity index (χ1v) is 10.1. The van der Waals surface area contributed by atoms with Gasteiger partial charge < -0.3 is 4.74 Å². The zero-order valence-electron chi connectivity index (χ0n) is 15.1. The summed E-state index contributed by atoms with van der Waals surface area (Å²) in [5.41, 5.74) is 0.475. The second-order valence-electron chi connectivity index (χ2n) is 6.65. The largest absolute Gasteiger partial charge is 0.376 e. The van der Waals surface area contributed by atoms with Gasteiger partial charge in [0.2, 0.25) is 0 Å². The number of benzene rings is 2. The number of Topliss-reactive ketones (excluding diaryl/α,β-unsaturated/α-hetero) is 1. The molecule has 1 aromatic heterocycles. The average molecular weight is 398 g/mol. The summed E-state index contributed by atoms with van der Waals surface area (Å²) >= 11 is 1.15. The number of aromatic nitrogens is 2. The molecule has 28 heavy (non-hydrogen) atoms. The van der Waals surface area contributed by atoms with Crippen LogP contribution in [0.5, 0.6) is 0 Å².